The fourth-order valence-corrected chi connectivity index (χ4v) is 4.99. The van der Waals surface area contributed by atoms with Crippen LogP contribution in [0.5, 0.6) is 0 Å². The summed E-state index contributed by atoms with van der Waals surface area (Å²) in [6.45, 7) is 4.55. The molecule has 5 rings (SSSR count). The zero-order valence-electron chi connectivity index (χ0n) is 10.1. The first kappa shape index (κ1) is 10.5. The molecule has 0 aromatic heterocycles. The standard InChI is InChI=1S/C14H20O3/c1-2-3-9-8-13(15)4-5-16-14(13)11(9)6-10-7-12(14)17-10/h2,9-12,15H,1,3-8H2/t9-,10-,11-,12?,13-,14+/m1/s1. The van der Waals surface area contributed by atoms with Gasteiger partial charge in [-0.05, 0) is 31.1 Å². The van der Waals surface area contributed by atoms with Gasteiger partial charge in [-0.1, -0.05) is 6.08 Å². The molecule has 17 heavy (non-hydrogen) atoms. The molecule has 94 valence electrons. The molecule has 1 N–H and O–H groups in total. The average Bonchev–Trinajstić information content (AvgIpc) is 2.66. The van der Waals surface area contributed by atoms with Crippen molar-refractivity contribution in [3.63, 3.8) is 0 Å². The topological polar surface area (TPSA) is 38.7 Å². The highest BCUT2D eigenvalue weighted by molar-refractivity contribution is 5.24. The van der Waals surface area contributed by atoms with Crippen LogP contribution in [0.25, 0.3) is 0 Å². The van der Waals surface area contributed by atoms with Crippen LogP contribution < -0.4 is 0 Å². The molecule has 0 aromatic carbocycles. The van der Waals surface area contributed by atoms with E-state index in [0.29, 0.717) is 24.5 Å². The molecule has 3 heterocycles. The van der Waals surface area contributed by atoms with Crippen LogP contribution in [-0.2, 0) is 9.47 Å². The molecular weight excluding hydrogens is 216 g/mol. The van der Waals surface area contributed by atoms with E-state index in [1.54, 1.807) is 0 Å². The molecule has 2 saturated carbocycles. The number of allylic oxidation sites excluding steroid dienone is 1. The summed E-state index contributed by atoms with van der Waals surface area (Å²) in [6, 6.07) is 0. The summed E-state index contributed by atoms with van der Waals surface area (Å²) >= 11 is 0. The first-order chi connectivity index (χ1) is 8.19. The van der Waals surface area contributed by atoms with Gasteiger partial charge in [0, 0.05) is 12.8 Å². The van der Waals surface area contributed by atoms with Crippen molar-refractivity contribution in [3.05, 3.63) is 12.7 Å². The summed E-state index contributed by atoms with van der Waals surface area (Å²) in [5.74, 6) is 1.01. The quantitative estimate of drug-likeness (QED) is 0.741. The van der Waals surface area contributed by atoms with Gasteiger partial charge in [-0.3, -0.25) is 0 Å². The fourth-order valence-electron chi connectivity index (χ4n) is 4.99. The summed E-state index contributed by atoms with van der Waals surface area (Å²) in [4.78, 5) is 0. The molecule has 1 spiro atoms. The van der Waals surface area contributed by atoms with Crippen molar-refractivity contribution in [1.29, 1.82) is 0 Å². The van der Waals surface area contributed by atoms with E-state index < -0.39 is 5.60 Å². The predicted molar refractivity (Wildman–Crippen MR) is 62.6 cm³/mol. The third-order valence-corrected chi connectivity index (χ3v) is 5.60. The molecule has 3 nitrogen and oxygen atoms in total. The molecule has 3 heteroatoms. The minimum absolute atomic E-state index is 0.147. The lowest BCUT2D eigenvalue weighted by Gasteiger charge is -2.57. The Hall–Kier alpha value is -0.380. The zero-order valence-corrected chi connectivity index (χ0v) is 10.1. The Morgan fingerprint density at radius 3 is 3.00 bits per heavy atom. The minimum Gasteiger partial charge on any atom is -0.387 e. The number of hydrogen-bond acceptors (Lipinski definition) is 3. The van der Waals surface area contributed by atoms with E-state index in [-0.39, 0.29) is 11.7 Å². The number of ether oxygens (including phenoxy) is 2. The molecule has 3 saturated heterocycles. The van der Waals surface area contributed by atoms with Crippen LogP contribution in [0.3, 0.4) is 0 Å². The molecule has 1 unspecified atom stereocenters. The van der Waals surface area contributed by atoms with Gasteiger partial charge >= 0.3 is 0 Å². The van der Waals surface area contributed by atoms with E-state index >= 15 is 0 Å². The zero-order chi connectivity index (χ0) is 11.7. The highest BCUT2D eigenvalue weighted by atomic mass is 16.6. The van der Waals surface area contributed by atoms with Crippen LogP contribution in [0, 0.1) is 11.8 Å². The molecule has 0 amide bonds. The van der Waals surface area contributed by atoms with Crippen molar-refractivity contribution in [3.8, 4) is 0 Å². The Balaban J connectivity index is 1.76. The molecule has 2 bridgehead atoms. The van der Waals surface area contributed by atoms with Gasteiger partial charge in [-0.25, -0.2) is 0 Å². The third kappa shape index (κ3) is 1.05. The van der Waals surface area contributed by atoms with E-state index in [1.165, 1.54) is 0 Å². The molecule has 5 aliphatic rings. The number of aliphatic hydroxyl groups is 1. The van der Waals surface area contributed by atoms with Gasteiger partial charge in [0.2, 0.25) is 0 Å². The van der Waals surface area contributed by atoms with Crippen LogP contribution >= 0.6 is 0 Å². The summed E-state index contributed by atoms with van der Waals surface area (Å²) in [6.07, 6.45) is 7.36. The highest BCUT2D eigenvalue weighted by Crippen LogP contribution is 2.65. The Kier molecular flexibility index (Phi) is 1.94. The summed E-state index contributed by atoms with van der Waals surface area (Å²) in [5, 5.41) is 11.0. The maximum Gasteiger partial charge on any atom is 0.126 e. The van der Waals surface area contributed by atoms with E-state index in [0.717, 1.165) is 32.1 Å². The molecule has 3 aliphatic heterocycles. The second-order valence-corrected chi connectivity index (χ2v) is 6.24. The summed E-state index contributed by atoms with van der Waals surface area (Å²) in [7, 11) is 0. The van der Waals surface area contributed by atoms with E-state index in [1.807, 2.05) is 6.08 Å². The lowest BCUT2D eigenvalue weighted by molar-refractivity contribution is -0.303. The normalized spacial score (nSPS) is 59.4. The van der Waals surface area contributed by atoms with Gasteiger partial charge in [0.15, 0.2) is 0 Å². The molecule has 5 fully saturated rings. The first-order valence-electron chi connectivity index (χ1n) is 6.82. The van der Waals surface area contributed by atoms with Crippen molar-refractivity contribution in [2.24, 2.45) is 11.8 Å². The van der Waals surface area contributed by atoms with Crippen molar-refractivity contribution < 1.29 is 14.6 Å². The third-order valence-electron chi connectivity index (χ3n) is 5.60. The van der Waals surface area contributed by atoms with Crippen molar-refractivity contribution in [2.75, 3.05) is 6.61 Å². The predicted octanol–water partition coefficient (Wildman–Crippen LogP) is 1.65. The van der Waals surface area contributed by atoms with Gasteiger partial charge in [0.25, 0.3) is 0 Å². The van der Waals surface area contributed by atoms with Crippen LogP contribution in [-0.4, -0.2) is 35.1 Å². The molecule has 0 radical (unpaired) electrons. The van der Waals surface area contributed by atoms with Crippen LogP contribution in [0.2, 0.25) is 0 Å². The lowest BCUT2D eigenvalue weighted by Crippen LogP contribution is -2.69. The molecule has 0 aromatic rings. The van der Waals surface area contributed by atoms with Gasteiger partial charge in [-0.15, -0.1) is 6.58 Å². The second kappa shape index (κ2) is 3.14. The molecular formula is C14H20O3. The van der Waals surface area contributed by atoms with Crippen molar-refractivity contribution in [1.82, 2.24) is 0 Å². The molecule has 6 atom stereocenters. The Labute approximate surface area is 102 Å². The maximum atomic E-state index is 11.0. The van der Waals surface area contributed by atoms with E-state index in [2.05, 4.69) is 6.58 Å². The smallest absolute Gasteiger partial charge is 0.126 e. The van der Waals surface area contributed by atoms with Crippen LogP contribution in [0.15, 0.2) is 12.7 Å². The van der Waals surface area contributed by atoms with Crippen LogP contribution in [0.4, 0.5) is 0 Å². The maximum absolute atomic E-state index is 11.0. The van der Waals surface area contributed by atoms with Crippen LogP contribution in [0.1, 0.15) is 32.1 Å². The fraction of sp³-hybridized carbons (Fsp3) is 0.857. The van der Waals surface area contributed by atoms with Gasteiger partial charge in [-0.2, -0.15) is 0 Å². The first-order valence-corrected chi connectivity index (χ1v) is 6.82. The lowest BCUT2D eigenvalue weighted by atomic mass is 9.64. The SMILES string of the molecule is C=CC[C@@H]1C[C@]2(O)CCO[C@@]23C2C[C@@H](C[C@H]13)O2. The Morgan fingerprint density at radius 2 is 2.24 bits per heavy atom. The Bertz CT molecular complexity index is 362. The second-order valence-electron chi connectivity index (χ2n) is 6.24. The van der Waals surface area contributed by atoms with E-state index in [9.17, 15) is 5.11 Å². The molecule has 2 aliphatic carbocycles. The van der Waals surface area contributed by atoms with Crippen molar-refractivity contribution >= 4 is 0 Å². The highest BCUT2D eigenvalue weighted by Gasteiger charge is 2.74. The van der Waals surface area contributed by atoms with Gasteiger partial charge < -0.3 is 14.6 Å². The monoisotopic (exact) mass is 236 g/mol. The number of rotatable bonds is 2. The average molecular weight is 236 g/mol. The van der Waals surface area contributed by atoms with Gasteiger partial charge in [0.1, 0.15) is 5.60 Å². The summed E-state index contributed by atoms with van der Waals surface area (Å²) < 4.78 is 12.0. The minimum atomic E-state index is -0.638. The Morgan fingerprint density at radius 1 is 1.41 bits per heavy atom. The summed E-state index contributed by atoms with van der Waals surface area (Å²) in [5.41, 5.74) is -1.02. The van der Waals surface area contributed by atoms with Gasteiger partial charge in [0.05, 0.1) is 24.4 Å². The van der Waals surface area contributed by atoms with E-state index in [4.69, 9.17) is 9.47 Å². The van der Waals surface area contributed by atoms with Crippen molar-refractivity contribution in [2.45, 2.75) is 55.5 Å². The largest absolute Gasteiger partial charge is 0.387 e. The number of hydrogen-bond donors (Lipinski definition) is 1.